The summed E-state index contributed by atoms with van der Waals surface area (Å²) in [5.41, 5.74) is 2.60. The van der Waals surface area contributed by atoms with E-state index in [9.17, 15) is 14.4 Å². The fourth-order valence-corrected chi connectivity index (χ4v) is 2.69. The number of benzene rings is 1. The summed E-state index contributed by atoms with van der Waals surface area (Å²) in [5, 5.41) is 6.95. The van der Waals surface area contributed by atoms with Gasteiger partial charge in [0.05, 0.1) is 0 Å². The molecular formula is C16H17N3O4S. The summed E-state index contributed by atoms with van der Waals surface area (Å²) in [7, 11) is 0. The van der Waals surface area contributed by atoms with Crippen LogP contribution in [0.4, 0.5) is 10.8 Å². The van der Waals surface area contributed by atoms with Gasteiger partial charge >= 0.3 is 5.97 Å². The largest absolute Gasteiger partial charge is 0.451 e. The Bertz CT molecular complexity index is 765. The van der Waals surface area contributed by atoms with Gasteiger partial charge in [0.2, 0.25) is 5.91 Å². The fraction of sp³-hybridized carbons (Fsp3) is 0.250. The van der Waals surface area contributed by atoms with Gasteiger partial charge in [0.15, 0.2) is 17.4 Å². The first kappa shape index (κ1) is 17.6. The topological polar surface area (TPSA) is 97.4 Å². The smallest absolute Gasteiger partial charge is 0.358 e. The van der Waals surface area contributed by atoms with Crippen LogP contribution in [-0.4, -0.2) is 29.4 Å². The van der Waals surface area contributed by atoms with Gasteiger partial charge in [0.25, 0.3) is 5.91 Å². The third kappa shape index (κ3) is 4.63. The summed E-state index contributed by atoms with van der Waals surface area (Å²) in [6.45, 7) is 4.69. The number of ether oxygens (including phenoxy) is 1. The minimum atomic E-state index is -0.723. The summed E-state index contributed by atoms with van der Waals surface area (Å²) in [6, 6.07) is 5.66. The van der Waals surface area contributed by atoms with E-state index in [1.54, 1.807) is 0 Å². The number of aromatic nitrogens is 1. The van der Waals surface area contributed by atoms with Gasteiger partial charge in [-0.05, 0) is 25.0 Å². The Hall–Kier alpha value is -2.74. The fourth-order valence-electron chi connectivity index (χ4n) is 1.97. The van der Waals surface area contributed by atoms with Gasteiger partial charge in [-0.15, -0.1) is 11.3 Å². The highest BCUT2D eigenvalue weighted by atomic mass is 32.1. The Morgan fingerprint density at radius 1 is 1.17 bits per heavy atom. The van der Waals surface area contributed by atoms with Gasteiger partial charge in [0, 0.05) is 18.0 Å². The van der Waals surface area contributed by atoms with Crippen molar-refractivity contribution in [1.82, 2.24) is 4.98 Å². The van der Waals surface area contributed by atoms with Crippen LogP contribution in [-0.2, 0) is 14.3 Å². The van der Waals surface area contributed by atoms with E-state index in [4.69, 9.17) is 4.74 Å². The van der Waals surface area contributed by atoms with Crippen molar-refractivity contribution in [3.63, 3.8) is 0 Å². The molecule has 0 saturated heterocycles. The molecule has 0 bridgehead atoms. The second kappa shape index (κ2) is 7.69. The molecule has 2 aromatic rings. The number of esters is 1. The lowest BCUT2D eigenvalue weighted by molar-refractivity contribution is -0.119. The van der Waals surface area contributed by atoms with Gasteiger partial charge in [-0.25, -0.2) is 9.78 Å². The maximum atomic E-state index is 11.9. The number of para-hydroxylation sites is 1. The number of nitrogens with one attached hydrogen (secondary N) is 2. The van der Waals surface area contributed by atoms with Crippen molar-refractivity contribution in [1.29, 1.82) is 0 Å². The number of carbonyl (C=O) groups is 3. The van der Waals surface area contributed by atoms with E-state index in [1.165, 1.54) is 12.3 Å². The summed E-state index contributed by atoms with van der Waals surface area (Å²) in [6.07, 6.45) is 0. The molecule has 2 N–H and O–H groups in total. The Labute approximate surface area is 143 Å². The first-order valence-corrected chi connectivity index (χ1v) is 8.01. The predicted octanol–water partition coefficient (Wildman–Crippen LogP) is 2.51. The molecule has 1 aromatic heterocycles. The van der Waals surface area contributed by atoms with E-state index in [0.717, 1.165) is 22.5 Å². The van der Waals surface area contributed by atoms with E-state index >= 15 is 0 Å². The van der Waals surface area contributed by atoms with E-state index < -0.39 is 18.5 Å². The summed E-state index contributed by atoms with van der Waals surface area (Å²) < 4.78 is 4.94. The van der Waals surface area contributed by atoms with Gasteiger partial charge in [-0.1, -0.05) is 18.2 Å². The second-order valence-electron chi connectivity index (χ2n) is 5.11. The van der Waals surface area contributed by atoms with Crippen molar-refractivity contribution in [2.75, 3.05) is 17.2 Å². The molecule has 126 valence electrons. The number of hydrogen-bond donors (Lipinski definition) is 2. The molecule has 0 fully saturated rings. The SMILES string of the molecule is CC(=O)Nc1nc(C(=O)OCC(=O)Nc2c(C)cccc2C)cs1. The molecular weight excluding hydrogens is 330 g/mol. The number of thiazole rings is 1. The monoisotopic (exact) mass is 347 g/mol. The van der Waals surface area contributed by atoms with Gasteiger partial charge in [-0.2, -0.15) is 0 Å². The number of aryl methyl sites for hydroxylation is 2. The van der Waals surface area contributed by atoms with Crippen LogP contribution < -0.4 is 10.6 Å². The third-order valence-electron chi connectivity index (χ3n) is 3.08. The zero-order valence-electron chi connectivity index (χ0n) is 13.5. The minimum absolute atomic E-state index is 0.0450. The molecule has 2 rings (SSSR count). The minimum Gasteiger partial charge on any atom is -0.451 e. The van der Waals surface area contributed by atoms with Crippen molar-refractivity contribution in [2.24, 2.45) is 0 Å². The summed E-state index contributed by atoms with van der Waals surface area (Å²) in [4.78, 5) is 38.6. The molecule has 0 saturated carbocycles. The van der Waals surface area contributed by atoms with Crippen molar-refractivity contribution < 1.29 is 19.1 Å². The molecule has 7 nitrogen and oxygen atoms in total. The van der Waals surface area contributed by atoms with Crippen molar-refractivity contribution in [2.45, 2.75) is 20.8 Å². The van der Waals surface area contributed by atoms with Crippen LogP contribution in [0, 0.1) is 13.8 Å². The maximum absolute atomic E-state index is 11.9. The van der Waals surface area contributed by atoms with Gasteiger partial charge < -0.3 is 15.4 Å². The number of anilines is 2. The molecule has 0 unspecified atom stereocenters. The highest BCUT2D eigenvalue weighted by molar-refractivity contribution is 7.14. The Kier molecular flexibility index (Phi) is 5.64. The van der Waals surface area contributed by atoms with Crippen molar-refractivity contribution >= 4 is 39.9 Å². The van der Waals surface area contributed by atoms with Crippen LogP contribution in [0.15, 0.2) is 23.6 Å². The van der Waals surface area contributed by atoms with Crippen LogP contribution in [0.1, 0.15) is 28.5 Å². The zero-order valence-corrected chi connectivity index (χ0v) is 14.3. The predicted molar refractivity (Wildman–Crippen MR) is 91.2 cm³/mol. The van der Waals surface area contributed by atoms with E-state index in [-0.39, 0.29) is 11.6 Å². The Morgan fingerprint density at radius 3 is 2.46 bits per heavy atom. The number of amides is 2. The normalized spacial score (nSPS) is 10.1. The Balaban J connectivity index is 1.90. The lowest BCUT2D eigenvalue weighted by Gasteiger charge is -2.11. The molecule has 0 aliphatic rings. The van der Waals surface area contributed by atoms with Gasteiger partial charge in [-0.3, -0.25) is 9.59 Å². The molecule has 1 heterocycles. The summed E-state index contributed by atoms with van der Waals surface area (Å²) >= 11 is 1.10. The molecule has 0 spiro atoms. The van der Waals surface area contributed by atoms with Crippen LogP contribution in [0.3, 0.4) is 0 Å². The molecule has 8 heteroatoms. The third-order valence-corrected chi connectivity index (χ3v) is 3.83. The maximum Gasteiger partial charge on any atom is 0.358 e. The highest BCUT2D eigenvalue weighted by Gasteiger charge is 2.15. The van der Waals surface area contributed by atoms with Gasteiger partial charge in [0.1, 0.15) is 0 Å². The zero-order chi connectivity index (χ0) is 17.7. The molecule has 1 aromatic carbocycles. The van der Waals surface area contributed by atoms with Crippen LogP contribution >= 0.6 is 11.3 Å². The van der Waals surface area contributed by atoms with Crippen LogP contribution in [0.25, 0.3) is 0 Å². The number of carbonyl (C=O) groups excluding carboxylic acids is 3. The molecule has 0 radical (unpaired) electrons. The van der Waals surface area contributed by atoms with Crippen LogP contribution in [0.2, 0.25) is 0 Å². The average Bonchev–Trinajstić information content (AvgIpc) is 2.96. The lowest BCUT2D eigenvalue weighted by atomic mass is 10.1. The Morgan fingerprint density at radius 2 is 1.83 bits per heavy atom. The number of rotatable bonds is 5. The van der Waals surface area contributed by atoms with E-state index in [2.05, 4.69) is 15.6 Å². The van der Waals surface area contributed by atoms with Crippen molar-refractivity contribution in [3.05, 3.63) is 40.4 Å². The average molecular weight is 347 g/mol. The first-order valence-electron chi connectivity index (χ1n) is 7.13. The molecule has 2 amide bonds. The highest BCUT2D eigenvalue weighted by Crippen LogP contribution is 2.19. The lowest BCUT2D eigenvalue weighted by Crippen LogP contribution is -2.22. The number of nitrogens with zero attached hydrogens (tertiary/aromatic N) is 1. The molecule has 24 heavy (non-hydrogen) atoms. The number of hydrogen-bond acceptors (Lipinski definition) is 6. The summed E-state index contributed by atoms with van der Waals surface area (Å²) in [5.74, 6) is -1.44. The molecule has 0 aliphatic carbocycles. The van der Waals surface area contributed by atoms with Crippen molar-refractivity contribution in [3.8, 4) is 0 Å². The van der Waals surface area contributed by atoms with E-state index in [0.29, 0.717) is 10.8 Å². The van der Waals surface area contributed by atoms with Crippen LogP contribution in [0.5, 0.6) is 0 Å². The standard InChI is InChI=1S/C16H17N3O4S/c1-9-5-4-6-10(2)14(9)19-13(21)7-23-15(22)12-8-24-16(18-12)17-11(3)20/h4-6,8H,7H2,1-3H3,(H,19,21)(H,17,18,20). The van der Waals surface area contributed by atoms with E-state index in [1.807, 2.05) is 32.0 Å². The quantitative estimate of drug-likeness (QED) is 0.810. The molecule has 0 atom stereocenters. The molecule has 0 aliphatic heterocycles. The second-order valence-corrected chi connectivity index (χ2v) is 5.97. The first-order chi connectivity index (χ1) is 11.4.